The van der Waals surface area contributed by atoms with Crippen LogP contribution in [0.25, 0.3) is 0 Å². The summed E-state index contributed by atoms with van der Waals surface area (Å²) in [5, 5.41) is 4.03. The number of nitrogens with zero attached hydrogens (tertiary/aromatic N) is 1. The van der Waals surface area contributed by atoms with E-state index in [0.29, 0.717) is 10.8 Å². The van der Waals surface area contributed by atoms with Crippen molar-refractivity contribution in [3.8, 4) is 0 Å². The number of anilines is 1. The largest absolute Gasteiger partial charge is 0.377 e. The van der Waals surface area contributed by atoms with E-state index in [4.69, 9.17) is 11.6 Å². The number of aromatic nitrogens is 1. The minimum atomic E-state index is -0.908. The molecule has 1 aromatic heterocycles. The van der Waals surface area contributed by atoms with Gasteiger partial charge in [-0.3, -0.25) is 9.19 Å². The molecule has 0 aliphatic carbocycles. The topological polar surface area (TPSA) is 42.0 Å². The predicted molar refractivity (Wildman–Crippen MR) is 85.5 cm³/mol. The SMILES string of the molecule is C[C@@H](Nc1ccc(Cl)c(C[S@](C)=O)c1)c1ccccn1. The highest BCUT2D eigenvalue weighted by atomic mass is 35.5. The van der Waals surface area contributed by atoms with E-state index >= 15 is 0 Å². The number of rotatable bonds is 5. The van der Waals surface area contributed by atoms with Gasteiger partial charge in [0, 0.05) is 39.7 Å². The van der Waals surface area contributed by atoms with Crippen molar-refractivity contribution < 1.29 is 4.21 Å². The number of hydrogen-bond acceptors (Lipinski definition) is 3. The van der Waals surface area contributed by atoms with Gasteiger partial charge in [-0.1, -0.05) is 17.7 Å². The first-order valence-corrected chi connectivity index (χ1v) is 8.42. The van der Waals surface area contributed by atoms with Crippen LogP contribution in [-0.2, 0) is 16.6 Å². The third kappa shape index (κ3) is 4.05. The normalized spacial score (nSPS) is 13.8. The molecule has 1 N–H and O–H groups in total. The number of halogens is 1. The van der Waals surface area contributed by atoms with Crippen molar-refractivity contribution >= 4 is 28.1 Å². The summed E-state index contributed by atoms with van der Waals surface area (Å²) in [6.07, 6.45) is 3.45. The zero-order chi connectivity index (χ0) is 14.5. The Balaban J connectivity index is 2.15. The zero-order valence-corrected chi connectivity index (χ0v) is 13.0. The molecule has 106 valence electrons. The maximum Gasteiger partial charge on any atom is 0.0657 e. The fourth-order valence-electron chi connectivity index (χ4n) is 1.95. The van der Waals surface area contributed by atoms with Crippen molar-refractivity contribution in [1.29, 1.82) is 0 Å². The molecule has 1 heterocycles. The van der Waals surface area contributed by atoms with Gasteiger partial charge in [0.05, 0.1) is 11.7 Å². The fourth-order valence-corrected chi connectivity index (χ4v) is 2.89. The number of hydrogen-bond donors (Lipinski definition) is 1. The molecule has 0 spiro atoms. The molecule has 2 atom stereocenters. The van der Waals surface area contributed by atoms with Crippen molar-refractivity contribution in [3.63, 3.8) is 0 Å². The second-order valence-corrected chi connectivity index (χ2v) is 6.49. The van der Waals surface area contributed by atoms with Gasteiger partial charge < -0.3 is 5.32 Å². The van der Waals surface area contributed by atoms with Crippen molar-refractivity contribution in [2.45, 2.75) is 18.7 Å². The minimum absolute atomic E-state index is 0.0948. The lowest BCUT2D eigenvalue weighted by atomic mass is 10.1. The lowest BCUT2D eigenvalue weighted by Crippen LogP contribution is -2.08. The van der Waals surface area contributed by atoms with E-state index < -0.39 is 10.8 Å². The summed E-state index contributed by atoms with van der Waals surface area (Å²) in [5.41, 5.74) is 2.82. The van der Waals surface area contributed by atoms with Crippen LogP contribution in [0.4, 0.5) is 5.69 Å². The number of benzene rings is 1. The zero-order valence-electron chi connectivity index (χ0n) is 11.5. The molecule has 5 heteroatoms. The Bertz CT molecular complexity index is 604. The van der Waals surface area contributed by atoms with Gasteiger partial charge in [0.25, 0.3) is 0 Å². The lowest BCUT2D eigenvalue weighted by Gasteiger charge is -2.16. The Morgan fingerprint density at radius 3 is 2.80 bits per heavy atom. The Labute approximate surface area is 126 Å². The Hall–Kier alpha value is -1.39. The third-order valence-electron chi connectivity index (χ3n) is 2.92. The first kappa shape index (κ1) is 15.0. The molecule has 0 fully saturated rings. The second kappa shape index (κ2) is 6.86. The van der Waals surface area contributed by atoms with Crippen molar-refractivity contribution in [2.75, 3.05) is 11.6 Å². The molecule has 0 aliphatic rings. The average molecular weight is 309 g/mol. The van der Waals surface area contributed by atoms with Crippen molar-refractivity contribution in [2.24, 2.45) is 0 Å². The van der Waals surface area contributed by atoms with Crippen LogP contribution in [0, 0.1) is 0 Å². The molecule has 2 aromatic rings. The summed E-state index contributed by atoms with van der Waals surface area (Å²) in [6, 6.07) is 11.6. The van der Waals surface area contributed by atoms with Gasteiger partial charge in [0.1, 0.15) is 0 Å². The highest BCUT2D eigenvalue weighted by Gasteiger charge is 2.08. The summed E-state index contributed by atoms with van der Waals surface area (Å²) >= 11 is 6.12. The molecule has 1 aromatic carbocycles. The average Bonchev–Trinajstić information content (AvgIpc) is 2.43. The van der Waals surface area contributed by atoms with Crippen LogP contribution in [0.5, 0.6) is 0 Å². The summed E-state index contributed by atoms with van der Waals surface area (Å²) in [4.78, 5) is 4.33. The first-order valence-electron chi connectivity index (χ1n) is 6.32. The number of nitrogens with one attached hydrogen (secondary N) is 1. The van der Waals surface area contributed by atoms with Crippen LogP contribution < -0.4 is 5.32 Å². The monoisotopic (exact) mass is 308 g/mol. The van der Waals surface area contributed by atoms with E-state index in [1.807, 2.05) is 36.4 Å². The van der Waals surface area contributed by atoms with Crippen LogP contribution in [-0.4, -0.2) is 15.4 Å². The maximum absolute atomic E-state index is 11.3. The third-order valence-corrected chi connectivity index (χ3v) is 4.01. The molecular formula is C15H17ClN2OS. The van der Waals surface area contributed by atoms with E-state index in [0.717, 1.165) is 16.9 Å². The van der Waals surface area contributed by atoms with Gasteiger partial charge in [-0.05, 0) is 42.8 Å². The summed E-state index contributed by atoms with van der Waals surface area (Å²) in [6.45, 7) is 2.05. The molecule has 2 rings (SSSR count). The fraction of sp³-hybridized carbons (Fsp3) is 0.267. The van der Waals surface area contributed by atoms with E-state index in [2.05, 4.69) is 17.2 Å². The van der Waals surface area contributed by atoms with Crippen LogP contribution >= 0.6 is 11.6 Å². The summed E-state index contributed by atoms with van der Waals surface area (Å²) in [5.74, 6) is 0.465. The van der Waals surface area contributed by atoms with E-state index in [1.165, 1.54) is 0 Å². The number of pyridine rings is 1. The highest BCUT2D eigenvalue weighted by molar-refractivity contribution is 7.83. The molecule has 0 aliphatic heterocycles. The van der Waals surface area contributed by atoms with Crippen LogP contribution in [0.1, 0.15) is 24.2 Å². The Kier molecular flexibility index (Phi) is 5.15. The van der Waals surface area contributed by atoms with Gasteiger partial charge in [-0.25, -0.2) is 0 Å². The molecule has 0 radical (unpaired) electrons. The van der Waals surface area contributed by atoms with Crippen LogP contribution in [0.2, 0.25) is 5.02 Å². The van der Waals surface area contributed by atoms with E-state index in [-0.39, 0.29) is 6.04 Å². The van der Waals surface area contributed by atoms with Gasteiger partial charge in [-0.15, -0.1) is 0 Å². The predicted octanol–water partition coefficient (Wildman–Crippen LogP) is 3.79. The van der Waals surface area contributed by atoms with Gasteiger partial charge in [-0.2, -0.15) is 0 Å². The quantitative estimate of drug-likeness (QED) is 0.914. The van der Waals surface area contributed by atoms with Gasteiger partial charge in [0.15, 0.2) is 0 Å². The molecule has 0 saturated carbocycles. The maximum atomic E-state index is 11.3. The standard InChI is InChI=1S/C15H17ClN2OS/c1-11(15-5-3-4-8-17-15)18-13-6-7-14(16)12(9-13)10-20(2)19/h3-9,11,18H,10H2,1-2H3/t11-,20+/m1/s1. The lowest BCUT2D eigenvalue weighted by molar-refractivity contribution is 0.686. The van der Waals surface area contributed by atoms with Gasteiger partial charge in [0.2, 0.25) is 0 Å². The van der Waals surface area contributed by atoms with E-state index in [1.54, 1.807) is 12.5 Å². The molecule has 0 saturated heterocycles. The Morgan fingerprint density at radius 2 is 2.15 bits per heavy atom. The molecule has 0 unspecified atom stereocenters. The van der Waals surface area contributed by atoms with Crippen molar-refractivity contribution in [3.05, 3.63) is 58.9 Å². The first-order chi connectivity index (χ1) is 9.56. The second-order valence-electron chi connectivity index (χ2n) is 4.64. The smallest absolute Gasteiger partial charge is 0.0657 e. The molecule has 20 heavy (non-hydrogen) atoms. The van der Waals surface area contributed by atoms with Gasteiger partial charge >= 0.3 is 0 Å². The minimum Gasteiger partial charge on any atom is -0.377 e. The van der Waals surface area contributed by atoms with Crippen LogP contribution in [0.15, 0.2) is 42.6 Å². The highest BCUT2D eigenvalue weighted by Crippen LogP contribution is 2.24. The molecule has 0 amide bonds. The van der Waals surface area contributed by atoms with Crippen molar-refractivity contribution in [1.82, 2.24) is 4.98 Å². The van der Waals surface area contributed by atoms with Crippen LogP contribution in [0.3, 0.4) is 0 Å². The summed E-state index contributed by atoms with van der Waals surface area (Å²) < 4.78 is 11.3. The molecule has 0 bridgehead atoms. The molecular weight excluding hydrogens is 292 g/mol. The summed E-state index contributed by atoms with van der Waals surface area (Å²) in [7, 11) is -0.908. The van der Waals surface area contributed by atoms with E-state index in [9.17, 15) is 4.21 Å². The molecule has 3 nitrogen and oxygen atoms in total. The Morgan fingerprint density at radius 1 is 1.35 bits per heavy atom.